The summed E-state index contributed by atoms with van der Waals surface area (Å²) >= 11 is 0. The van der Waals surface area contributed by atoms with E-state index in [4.69, 9.17) is 4.74 Å². The van der Waals surface area contributed by atoms with Crippen LogP contribution in [-0.2, 0) is 4.74 Å². The zero-order valence-electron chi connectivity index (χ0n) is 12.8. The molecule has 4 nitrogen and oxygen atoms in total. The summed E-state index contributed by atoms with van der Waals surface area (Å²) in [5.74, 6) is -0.0230. The van der Waals surface area contributed by atoms with Crippen LogP contribution in [0, 0.1) is 5.82 Å². The molecule has 116 valence electrons. The zero-order chi connectivity index (χ0) is 15.5. The van der Waals surface area contributed by atoms with Crippen LogP contribution in [0.4, 0.5) is 14.9 Å². The Kier molecular flexibility index (Phi) is 4.83. The predicted octanol–water partition coefficient (Wildman–Crippen LogP) is 3.64. The third-order valence-corrected chi connectivity index (χ3v) is 3.43. The van der Waals surface area contributed by atoms with Crippen molar-refractivity contribution in [3.8, 4) is 0 Å². The second-order valence-electron chi connectivity index (χ2n) is 6.38. The summed E-state index contributed by atoms with van der Waals surface area (Å²) in [5, 5.41) is 6.03. The van der Waals surface area contributed by atoms with Gasteiger partial charge in [0.1, 0.15) is 11.4 Å². The number of carbonyl (C=O) groups is 1. The molecular weight excluding hydrogens is 271 g/mol. The number of halogens is 1. The van der Waals surface area contributed by atoms with E-state index in [1.165, 1.54) is 12.1 Å². The van der Waals surface area contributed by atoms with Gasteiger partial charge in [-0.3, -0.25) is 5.32 Å². The highest BCUT2D eigenvalue weighted by Gasteiger charge is 2.22. The lowest BCUT2D eigenvalue weighted by Gasteiger charge is -2.26. The van der Waals surface area contributed by atoms with E-state index in [0.717, 1.165) is 31.5 Å². The fraction of sp³-hybridized carbons (Fsp3) is 0.562. The molecule has 1 amide bonds. The first-order chi connectivity index (χ1) is 9.85. The van der Waals surface area contributed by atoms with E-state index in [1.54, 1.807) is 6.07 Å². The minimum atomic E-state index is -0.557. The molecule has 1 fully saturated rings. The fourth-order valence-corrected chi connectivity index (χ4v) is 2.53. The SMILES string of the molecule is CC(C)(C)OC(=O)Nc1ccc(F)cc1C1CCNCC1. The molecule has 0 spiro atoms. The van der Waals surface area contributed by atoms with Gasteiger partial charge in [-0.1, -0.05) is 0 Å². The zero-order valence-corrected chi connectivity index (χ0v) is 12.8. The molecule has 1 aromatic rings. The molecule has 0 saturated carbocycles. The number of carbonyl (C=O) groups excluding carboxylic acids is 1. The minimum absolute atomic E-state index is 0.256. The van der Waals surface area contributed by atoms with Gasteiger partial charge in [-0.15, -0.1) is 0 Å². The van der Waals surface area contributed by atoms with Gasteiger partial charge in [0.15, 0.2) is 0 Å². The van der Waals surface area contributed by atoms with Crippen LogP contribution >= 0.6 is 0 Å². The number of piperidine rings is 1. The van der Waals surface area contributed by atoms with Gasteiger partial charge in [-0.25, -0.2) is 9.18 Å². The average molecular weight is 294 g/mol. The molecule has 1 heterocycles. The topological polar surface area (TPSA) is 50.4 Å². The summed E-state index contributed by atoms with van der Waals surface area (Å²) in [6.45, 7) is 7.25. The van der Waals surface area contributed by atoms with Gasteiger partial charge in [0.25, 0.3) is 0 Å². The van der Waals surface area contributed by atoms with Crippen molar-refractivity contribution in [2.45, 2.75) is 45.1 Å². The maximum Gasteiger partial charge on any atom is 0.412 e. The Balaban J connectivity index is 2.16. The van der Waals surface area contributed by atoms with Crippen molar-refractivity contribution in [2.75, 3.05) is 18.4 Å². The van der Waals surface area contributed by atoms with Crippen molar-refractivity contribution >= 4 is 11.8 Å². The average Bonchev–Trinajstić information content (AvgIpc) is 2.40. The first-order valence-corrected chi connectivity index (χ1v) is 7.35. The monoisotopic (exact) mass is 294 g/mol. The van der Waals surface area contributed by atoms with E-state index in [1.807, 2.05) is 20.8 Å². The molecule has 2 N–H and O–H groups in total. The molecule has 1 saturated heterocycles. The van der Waals surface area contributed by atoms with Crippen LogP contribution in [0.3, 0.4) is 0 Å². The Labute approximate surface area is 125 Å². The summed E-state index contributed by atoms with van der Waals surface area (Å²) in [7, 11) is 0. The van der Waals surface area contributed by atoms with Crippen molar-refractivity contribution in [2.24, 2.45) is 0 Å². The molecule has 0 aliphatic carbocycles. The Bertz CT molecular complexity index is 505. The van der Waals surface area contributed by atoms with Crippen LogP contribution in [-0.4, -0.2) is 24.8 Å². The third kappa shape index (κ3) is 4.70. The van der Waals surface area contributed by atoms with Crippen LogP contribution in [0.25, 0.3) is 0 Å². The molecule has 1 aliphatic rings. The molecule has 1 aromatic carbocycles. The minimum Gasteiger partial charge on any atom is -0.444 e. The summed E-state index contributed by atoms with van der Waals surface area (Å²) in [4.78, 5) is 11.9. The second kappa shape index (κ2) is 6.43. The highest BCUT2D eigenvalue weighted by atomic mass is 19.1. The Hall–Kier alpha value is -1.62. The number of anilines is 1. The van der Waals surface area contributed by atoms with Crippen molar-refractivity contribution in [3.05, 3.63) is 29.6 Å². The Morgan fingerprint density at radius 3 is 2.62 bits per heavy atom. The van der Waals surface area contributed by atoms with Crippen molar-refractivity contribution in [1.82, 2.24) is 5.32 Å². The number of ether oxygens (including phenoxy) is 1. The maximum absolute atomic E-state index is 13.6. The van der Waals surface area contributed by atoms with Crippen LogP contribution in [0.15, 0.2) is 18.2 Å². The highest BCUT2D eigenvalue weighted by molar-refractivity contribution is 5.86. The first-order valence-electron chi connectivity index (χ1n) is 7.35. The molecule has 5 heteroatoms. The molecular formula is C16H23FN2O2. The number of amides is 1. The molecule has 0 unspecified atom stereocenters. The van der Waals surface area contributed by atoms with E-state index < -0.39 is 11.7 Å². The summed E-state index contributed by atoms with van der Waals surface area (Å²) in [6.07, 6.45) is 1.36. The van der Waals surface area contributed by atoms with Crippen LogP contribution in [0.2, 0.25) is 0 Å². The summed E-state index contributed by atoms with van der Waals surface area (Å²) in [6, 6.07) is 4.48. The molecule has 2 rings (SSSR count). The van der Waals surface area contributed by atoms with Crippen LogP contribution in [0.1, 0.15) is 45.1 Å². The number of nitrogens with one attached hydrogen (secondary N) is 2. The van der Waals surface area contributed by atoms with Crippen molar-refractivity contribution < 1.29 is 13.9 Å². The molecule has 0 radical (unpaired) electrons. The van der Waals surface area contributed by atoms with Crippen molar-refractivity contribution in [3.63, 3.8) is 0 Å². The lowest BCUT2D eigenvalue weighted by Crippen LogP contribution is -2.29. The highest BCUT2D eigenvalue weighted by Crippen LogP contribution is 2.32. The fourth-order valence-electron chi connectivity index (χ4n) is 2.53. The lowest BCUT2D eigenvalue weighted by atomic mass is 9.89. The number of hydrogen-bond donors (Lipinski definition) is 2. The van der Waals surface area contributed by atoms with Gasteiger partial charge in [0.05, 0.1) is 0 Å². The van der Waals surface area contributed by atoms with Crippen LogP contribution < -0.4 is 10.6 Å². The summed E-state index contributed by atoms with van der Waals surface area (Å²) < 4.78 is 18.8. The van der Waals surface area contributed by atoms with Gasteiger partial charge in [0.2, 0.25) is 0 Å². The van der Waals surface area contributed by atoms with Gasteiger partial charge >= 0.3 is 6.09 Å². The first kappa shape index (κ1) is 15.8. The van der Waals surface area contributed by atoms with E-state index >= 15 is 0 Å². The molecule has 21 heavy (non-hydrogen) atoms. The lowest BCUT2D eigenvalue weighted by molar-refractivity contribution is 0.0635. The molecule has 0 aromatic heterocycles. The number of hydrogen-bond acceptors (Lipinski definition) is 3. The van der Waals surface area contributed by atoms with E-state index in [-0.39, 0.29) is 11.7 Å². The molecule has 1 aliphatic heterocycles. The van der Waals surface area contributed by atoms with E-state index in [2.05, 4.69) is 10.6 Å². The maximum atomic E-state index is 13.6. The summed E-state index contributed by atoms with van der Waals surface area (Å²) in [5.41, 5.74) is 0.930. The van der Waals surface area contributed by atoms with Crippen molar-refractivity contribution in [1.29, 1.82) is 0 Å². The van der Waals surface area contributed by atoms with E-state index in [0.29, 0.717) is 5.69 Å². The van der Waals surface area contributed by atoms with E-state index in [9.17, 15) is 9.18 Å². The molecule has 0 bridgehead atoms. The van der Waals surface area contributed by atoms with Gasteiger partial charge < -0.3 is 10.1 Å². The molecule has 0 atom stereocenters. The standard InChI is InChI=1S/C16H23FN2O2/c1-16(2,3)21-15(20)19-14-5-4-12(17)10-13(14)11-6-8-18-9-7-11/h4-5,10-11,18H,6-9H2,1-3H3,(H,19,20). The number of benzene rings is 1. The quantitative estimate of drug-likeness (QED) is 0.875. The largest absolute Gasteiger partial charge is 0.444 e. The van der Waals surface area contributed by atoms with Gasteiger partial charge in [-0.2, -0.15) is 0 Å². The smallest absolute Gasteiger partial charge is 0.412 e. The van der Waals surface area contributed by atoms with Gasteiger partial charge in [0, 0.05) is 5.69 Å². The number of rotatable bonds is 2. The Morgan fingerprint density at radius 1 is 1.33 bits per heavy atom. The van der Waals surface area contributed by atoms with Crippen LogP contribution in [0.5, 0.6) is 0 Å². The second-order valence-corrected chi connectivity index (χ2v) is 6.38. The third-order valence-electron chi connectivity index (χ3n) is 3.43. The predicted molar refractivity (Wildman–Crippen MR) is 81.1 cm³/mol. The Morgan fingerprint density at radius 2 is 2.00 bits per heavy atom. The van der Waals surface area contributed by atoms with Gasteiger partial charge in [-0.05, 0) is 76.4 Å². The normalized spacial score (nSPS) is 16.6.